The van der Waals surface area contributed by atoms with Crippen LogP contribution in [0.2, 0.25) is 0 Å². The normalized spacial score (nSPS) is 10.9. The Balaban J connectivity index is 0. The van der Waals surface area contributed by atoms with Crippen LogP contribution in [0, 0.1) is 5.92 Å². The van der Waals surface area contributed by atoms with Crippen molar-refractivity contribution in [3.8, 4) is 5.75 Å². The van der Waals surface area contributed by atoms with Gasteiger partial charge in [0.15, 0.2) is 0 Å². The number of ether oxygens (including phenoxy) is 2. The van der Waals surface area contributed by atoms with Crippen molar-refractivity contribution in [1.82, 2.24) is 5.32 Å². The van der Waals surface area contributed by atoms with Crippen molar-refractivity contribution < 1.29 is 19.4 Å². The molecule has 0 saturated carbocycles. The van der Waals surface area contributed by atoms with E-state index in [-0.39, 0.29) is 6.61 Å². The molecule has 1 aromatic carbocycles. The number of hydrogen-bond acceptors (Lipinski definition) is 4. The number of benzene rings is 1. The van der Waals surface area contributed by atoms with E-state index in [1.807, 2.05) is 72.7 Å². The van der Waals surface area contributed by atoms with Gasteiger partial charge in [-0.1, -0.05) is 46.8 Å². The maximum Gasteiger partial charge on any atom is 0.407 e. The lowest BCUT2D eigenvalue weighted by molar-refractivity contribution is 0.0412. The molecule has 1 amide bonds. The zero-order valence-electron chi connectivity index (χ0n) is 19.7. The first-order chi connectivity index (χ1) is 12.8. The first-order valence-electron chi connectivity index (χ1n) is 10.2. The molecule has 0 saturated heterocycles. The summed E-state index contributed by atoms with van der Waals surface area (Å²) in [6.45, 7) is 20.1. The summed E-state index contributed by atoms with van der Waals surface area (Å²) in [5, 5.41) is 11.9. The van der Waals surface area contributed by atoms with Gasteiger partial charge in [0.2, 0.25) is 0 Å². The SMILES string of the molecule is CC.CC(C)(C)OC(=O)NCCc1ccc(OC(C)(C)CO)cc1.CC(C)C. The fourth-order valence-corrected chi connectivity index (χ4v) is 1.70. The molecule has 0 aliphatic carbocycles. The Morgan fingerprint density at radius 3 is 1.89 bits per heavy atom. The molecule has 5 nitrogen and oxygen atoms in total. The fourth-order valence-electron chi connectivity index (χ4n) is 1.70. The first-order valence-corrected chi connectivity index (χ1v) is 10.2. The van der Waals surface area contributed by atoms with Crippen LogP contribution in [0.25, 0.3) is 0 Å². The molecule has 1 rings (SSSR count). The molecule has 0 aliphatic heterocycles. The molecular formula is C23H43NO4. The highest BCUT2D eigenvalue weighted by atomic mass is 16.6. The maximum atomic E-state index is 11.5. The number of rotatable bonds is 6. The monoisotopic (exact) mass is 397 g/mol. The van der Waals surface area contributed by atoms with E-state index >= 15 is 0 Å². The van der Waals surface area contributed by atoms with Crippen molar-refractivity contribution in [1.29, 1.82) is 0 Å². The zero-order valence-corrected chi connectivity index (χ0v) is 19.7. The molecule has 0 aromatic heterocycles. The summed E-state index contributed by atoms with van der Waals surface area (Å²) >= 11 is 0. The standard InChI is InChI=1S/C17H27NO4.C4H10.C2H6/c1-16(2,3)22-15(20)18-11-10-13-6-8-14(9-7-13)21-17(4,5)12-19;1-4(2)3;1-2/h6-9,19H,10-12H2,1-5H3,(H,18,20);4H,1-3H3;1-2H3. The second kappa shape index (κ2) is 14.3. The first kappa shape index (κ1) is 28.5. The average Bonchev–Trinajstić information content (AvgIpc) is 2.56. The minimum atomic E-state index is -0.597. The van der Waals surface area contributed by atoms with Gasteiger partial charge in [-0.3, -0.25) is 0 Å². The van der Waals surface area contributed by atoms with Crippen molar-refractivity contribution in [3.63, 3.8) is 0 Å². The molecule has 1 aromatic rings. The molecule has 0 aliphatic rings. The highest BCUT2D eigenvalue weighted by Gasteiger charge is 2.18. The van der Waals surface area contributed by atoms with Gasteiger partial charge in [0, 0.05) is 6.54 Å². The van der Waals surface area contributed by atoms with Gasteiger partial charge >= 0.3 is 6.09 Å². The minimum absolute atomic E-state index is 0.0471. The van der Waals surface area contributed by atoms with E-state index in [1.54, 1.807) is 0 Å². The van der Waals surface area contributed by atoms with Crippen LogP contribution in [0.4, 0.5) is 4.79 Å². The lowest BCUT2D eigenvalue weighted by atomic mass is 10.1. The summed E-state index contributed by atoms with van der Waals surface area (Å²) in [6.07, 6.45) is 0.306. The largest absolute Gasteiger partial charge is 0.485 e. The second-order valence-electron chi connectivity index (χ2n) is 8.57. The molecular weight excluding hydrogens is 354 g/mol. The molecule has 0 atom stereocenters. The van der Waals surface area contributed by atoms with Crippen LogP contribution in [0.15, 0.2) is 24.3 Å². The Morgan fingerprint density at radius 2 is 1.50 bits per heavy atom. The summed E-state index contributed by atoms with van der Waals surface area (Å²) in [6, 6.07) is 7.61. The predicted octanol–water partition coefficient (Wildman–Crippen LogP) is 5.59. The van der Waals surface area contributed by atoms with Gasteiger partial charge in [-0.05, 0) is 64.7 Å². The van der Waals surface area contributed by atoms with Crippen LogP contribution in [-0.4, -0.2) is 35.6 Å². The molecule has 0 spiro atoms. The number of hydrogen-bond donors (Lipinski definition) is 2. The summed E-state index contributed by atoms with van der Waals surface area (Å²) in [4.78, 5) is 11.5. The molecule has 0 bridgehead atoms. The Kier molecular flexibility index (Phi) is 14.5. The van der Waals surface area contributed by atoms with Gasteiger partial charge in [0.1, 0.15) is 17.0 Å². The highest BCUT2D eigenvalue weighted by Crippen LogP contribution is 2.18. The van der Waals surface area contributed by atoms with E-state index in [2.05, 4.69) is 26.1 Å². The van der Waals surface area contributed by atoms with Crippen molar-refractivity contribution in [2.75, 3.05) is 13.2 Å². The van der Waals surface area contributed by atoms with Crippen LogP contribution >= 0.6 is 0 Å². The van der Waals surface area contributed by atoms with Crippen LogP contribution < -0.4 is 10.1 Å². The van der Waals surface area contributed by atoms with Crippen molar-refractivity contribution in [3.05, 3.63) is 29.8 Å². The molecule has 0 heterocycles. The number of aliphatic hydroxyl groups excluding tert-OH is 1. The van der Waals surface area contributed by atoms with Gasteiger partial charge in [-0.25, -0.2) is 4.79 Å². The number of nitrogens with one attached hydrogen (secondary N) is 1. The predicted molar refractivity (Wildman–Crippen MR) is 118 cm³/mol. The third-order valence-electron chi connectivity index (χ3n) is 2.78. The van der Waals surface area contributed by atoms with E-state index in [4.69, 9.17) is 9.47 Å². The van der Waals surface area contributed by atoms with E-state index in [0.29, 0.717) is 18.7 Å². The van der Waals surface area contributed by atoms with E-state index in [9.17, 15) is 9.90 Å². The summed E-state index contributed by atoms with van der Waals surface area (Å²) in [7, 11) is 0. The van der Waals surface area contributed by atoms with Crippen LogP contribution in [0.3, 0.4) is 0 Å². The van der Waals surface area contributed by atoms with Crippen LogP contribution in [-0.2, 0) is 11.2 Å². The second-order valence-corrected chi connectivity index (χ2v) is 8.57. The van der Waals surface area contributed by atoms with Gasteiger partial charge < -0.3 is 19.9 Å². The van der Waals surface area contributed by atoms with Crippen LogP contribution in [0.1, 0.15) is 74.8 Å². The Hall–Kier alpha value is -1.75. The topological polar surface area (TPSA) is 67.8 Å². The minimum Gasteiger partial charge on any atom is -0.485 e. The molecule has 164 valence electrons. The molecule has 2 N–H and O–H groups in total. The van der Waals surface area contributed by atoms with Gasteiger partial charge in [0.05, 0.1) is 6.61 Å². The smallest absolute Gasteiger partial charge is 0.407 e. The van der Waals surface area contributed by atoms with E-state index in [1.165, 1.54) is 0 Å². The number of aliphatic hydroxyl groups is 1. The Labute approximate surface area is 172 Å². The molecule has 0 radical (unpaired) electrons. The van der Waals surface area contributed by atoms with Gasteiger partial charge in [0.25, 0.3) is 0 Å². The maximum absolute atomic E-state index is 11.5. The summed E-state index contributed by atoms with van der Waals surface area (Å²) in [5.41, 5.74) is 0.00717. The van der Waals surface area contributed by atoms with Crippen molar-refractivity contribution in [2.45, 2.75) is 86.9 Å². The molecule has 0 unspecified atom stereocenters. The van der Waals surface area contributed by atoms with Gasteiger partial charge in [-0.2, -0.15) is 0 Å². The average molecular weight is 398 g/mol. The molecule has 5 heteroatoms. The van der Waals surface area contributed by atoms with Crippen molar-refractivity contribution >= 4 is 6.09 Å². The van der Waals surface area contributed by atoms with Gasteiger partial charge in [-0.15, -0.1) is 0 Å². The lowest BCUT2D eigenvalue weighted by Crippen LogP contribution is -2.33. The highest BCUT2D eigenvalue weighted by molar-refractivity contribution is 5.67. The number of amides is 1. The number of carbonyl (C=O) groups excluding carboxylic acids is 1. The molecule has 0 fully saturated rings. The van der Waals surface area contributed by atoms with E-state index < -0.39 is 17.3 Å². The van der Waals surface area contributed by atoms with E-state index in [0.717, 1.165) is 11.5 Å². The summed E-state index contributed by atoms with van der Waals surface area (Å²) < 4.78 is 10.8. The third kappa shape index (κ3) is 17.7. The quantitative estimate of drug-likeness (QED) is 0.656. The van der Waals surface area contributed by atoms with Crippen LogP contribution in [0.5, 0.6) is 5.75 Å². The number of carbonyl (C=O) groups is 1. The lowest BCUT2D eigenvalue weighted by Gasteiger charge is -2.24. The van der Waals surface area contributed by atoms with Crippen molar-refractivity contribution in [2.24, 2.45) is 5.92 Å². The summed E-state index contributed by atoms with van der Waals surface area (Å²) in [5.74, 6) is 1.54. The Bertz CT molecular complexity index is 514. The molecule has 28 heavy (non-hydrogen) atoms. The fraction of sp³-hybridized carbons (Fsp3) is 0.696. The number of alkyl carbamates (subject to hydrolysis) is 1. The zero-order chi connectivity index (χ0) is 22.4. The third-order valence-corrected chi connectivity index (χ3v) is 2.78. The Morgan fingerprint density at radius 1 is 1.04 bits per heavy atom.